The Balaban J connectivity index is 0.00000364. The van der Waals surface area contributed by atoms with Gasteiger partial charge in [0.2, 0.25) is 0 Å². The second-order valence-corrected chi connectivity index (χ2v) is 7.39. The van der Waals surface area contributed by atoms with E-state index in [-0.39, 0.29) is 29.6 Å². The fraction of sp³-hybridized carbons (Fsp3) is 0.650. The Morgan fingerprint density at radius 2 is 2.11 bits per heavy atom. The molecule has 0 aliphatic carbocycles. The molecule has 1 aromatic carbocycles. The summed E-state index contributed by atoms with van der Waals surface area (Å²) in [6.07, 6.45) is 1.07. The molecule has 27 heavy (non-hydrogen) atoms. The Bertz CT molecular complexity index is 602. The highest BCUT2D eigenvalue weighted by Crippen LogP contribution is 2.22. The number of rotatable bonds is 8. The van der Waals surface area contributed by atoms with Gasteiger partial charge in [0.05, 0.1) is 18.8 Å². The van der Waals surface area contributed by atoms with Crippen LogP contribution >= 0.6 is 24.0 Å². The minimum Gasteiger partial charge on any atom is -0.493 e. The molecule has 154 valence electrons. The summed E-state index contributed by atoms with van der Waals surface area (Å²) in [4.78, 5) is 4.28. The van der Waals surface area contributed by atoms with Gasteiger partial charge in [0.1, 0.15) is 5.75 Å². The predicted molar refractivity (Wildman–Crippen MR) is 120 cm³/mol. The number of benzene rings is 1. The smallest absolute Gasteiger partial charge is 0.191 e. The molecule has 1 atom stereocenters. The number of guanidine groups is 1. The van der Waals surface area contributed by atoms with Crippen LogP contribution in [0.5, 0.6) is 5.75 Å². The predicted octanol–water partition coefficient (Wildman–Crippen LogP) is 3.12. The van der Waals surface area contributed by atoms with Crippen LogP contribution in [0.1, 0.15) is 31.4 Å². The molecule has 0 bridgehead atoms. The number of aliphatic imine (C=N–C) groups is 1. The first-order chi connectivity index (χ1) is 12.4. The van der Waals surface area contributed by atoms with Crippen molar-refractivity contribution in [3.05, 3.63) is 29.3 Å². The van der Waals surface area contributed by atoms with Gasteiger partial charge in [-0.15, -0.1) is 24.0 Å². The molecule has 1 aliphatic heterocycles. The molecule has 1 fully saturated rings. The number of hydrogen-bond acceptors (Lipinski definition) is 4. The van der Waals surface area contributed by atoms with Crippen LogP contribution in [0, 0.1) is 12.8 Å². The molecule has 1 heterocycles. The number of nitrogens with zero attached hydrogens (tertiary/aromatic N) is 1. The van der Waals surface area contributed by atoms with Gasteiger partial charge >= 0.3 is 0 Å². The van der Waals surface area contributed by atoms with Gasteiger partial charge in [0.15, 0.2) is 5.96 Å². The van der Waals surface area contributed by atoms with Crippen LogP contribution in [-0.2, 0) is 16.0 Å². The fourth-order valence-electron chi connectivity index (χ4n) is 2.63. The van der Waals surface area contributed by atoms with E-state index in [1.807, 2.05) is 13.8 Å². The van der Waals surface area contributed by atoms with Gasteiger partial charge in [0, 0.05) is 45.3 Å². The van der Waals surface area contributed by atoms with Gasteiger partial charge in [-0.25, -0.2) is 0 Å². The van der Waals surface area contributed by atoms with E-state index in [1.54, 1.807) is 14.2 Å². The lowest BCUT2D eigenvalue weighted by Crippen LogP contribution is -2.45. The normalized spacial score (nSPS) is 17.4. The SMILES string of the molecule is CN=C(NCc1ccc(C)cc1OCC1CCOC1)NCC(C)(C)OC.I. The van der Waals surface area contributed by atoms with Crippen LogP contribution in [-0.4, -0.2) is 52.1 Å². The topological polar surface area (TPSA) is 64.1 Å². The Morgan fingerprint density at radius 1 is 1.33 bits per heavy atom. The lowest BCUT2D eigenvalue weighted by molar-refractivity contribution is 0.0268. The molecule has 1 unspecified atom stereocenters. The number of hydrogen-bond donors (Lipinski definition) is 2. The summed E-state index contributed by atoms with van der Waals surface area (Å²) in [6, 6.07) is 6.30. The van der Waals surface area contributed by atoms with Crippen LogP contribution in [0.2, 0.25) is 0 Å². The van der Waals surface area contributed by atoms with Crippen molar-refractivity contribution in [2.24, 2.45) is 10.9 Å². The van der Waals surface area contributed by atoms with Crippen LogP contribution in [0.4, 0.5) is 0 Å². The zero-order chi connectivity index (χ0) is 19.0. The molecule has 0 spiro atoms. The van der Waals surface area contributed by atoms with E-state index in [0.717, 1.165) is 36.9 Å². The van der Waals surface area contributed by atoms with Crippen molar-refractivity contribution in [3.8, 4) is 5.75 Å². The summed E-state index contributed by atoms with van der Waals surface area (Å²) in [5.41, 5.74) is 2.05. The third kappa shape index (κ3) is 8.23. The first-order valence-electron chi connectivity index (χ1n) is 9.23. The minimum absolute atomic E-state index is 0. The maximum atomic E-state index is 6.10. The van der Waals surface area contributed by atoms with E-state index in [9.17, 15) is 0 Å². The Hall–Kier alpha value is -1.06. The molecule has 0 amide bonds. The van der Waals surface area contributed by atoms with Gasteiger partial charge in [-0.3, -0.25) is 4.99 Å². The molecule has 6 nitrogen and oxygen atoms in total. The van der Waals surface area contributed by atoms with Crippen molar-refractivity contribution < 1.29 is 14.2 Å². The van der Waals surface area contributed by atoms with Crippen LogP contribution < -0.4 is 15.4 Å². The molecule has 1 saturated heterocycles. The molecular weight excluding hydrogens is 457 g/mol. The average Bonchev–Trinajstić information content (AvgIpc) is 3.15. The Kier molecular flexibility index (Phi) is 10.4. The standard InChI is InChI=1S/C20H33N3O3.HI/c1-15-6-7-17(18(10-15)26-13-16-8-9-25-12-16)11-22-19(21-4)23-14-20(2,3)24-5;/h6-7,10,16H,8-9,11-14H2,1-5H3,(H2,21,22,23);1H. The second kappa shape index (κ2) is 11.7. The van der Waals surface area contributed by atoms with Crippen molar-refractivity contribution in [1.29, 1.82) is 0 Å². The summed E-state index contributed by atoms with van der Waals surface area (Å²) >= 11 is 0. The van der Waals surface area contributed by atoms with E-state index in [2.05, 4.69) is 40.7 Å². The van der Waals surface area contributed by atoms with Crippen molar-refractivity contribution in [2.75, 3.05) is 40.5 Å². The summed E-state index contributed by atoms with van der Waals surface area (Å²) < 4.78 is 17.0. The summed E-state index contributed by atoms with van der Waals surface area (Å²) in [6.45, 7) is 9.80. The highest BCUT2D eigenvalue weighted by Gasteiger charge is 2.18. The van der Waals surface area contributed by atoms with Gasteiger partial charge < -0.3 is 24.8 Å². The van der Waals surface area contributed by atoms with Gasteiger partial charge in [0.25, 0.3) is 0 Å². The zero-order valence-corrected chi connectivity index (χ0v) is 19.5. The van der Waals surface area contributed by atoms with Gasteiger partial charge in [-0.1, -0.05) is 12.1 Å². The first-order valence-corrected chi connectivity index (χ1v) is 9.23. The molecule has 1 aliphatic rings. The number of halogens is 1. The Morgan fingerprint density at radius 3 is 2.74 bits per heavy atom. The lowest BCUT2D eigenvalue weighted by atomic mass is 10.1. The third-order valence-electron chi connectivity index (χ3n) is 4.63. The molecule has 0 radical (unpaired) electrons. The molecule has 0 aromatic heterocycles. The van der Waals surface area contributed by atoms with Gasteiger partial charge in [-0.2, -0.15) is 0 Å². The average molecular weight is 491 g/mol. The third-order valence-corrected chi connectivity index (χ3v) is 4.63. The highest BCUT2D eigenvalue weighted by molar-refractivity contribution is 14.0. The van der Waals surface area contributed by atoms with Crippen molar-refractivity contribution in [2.45, 2.75) is 39.3 Å². The van der Waals surface area contributed by atoms with Crippen LogP contribution in [0.15, 0.2) is 23.2 Å². The van der Waals surface area contributed by atoms with E-state index in [4.69, 9.17) is 14.2 Å². The molecule has 2 N–H and O–H groups in total. The summed E-state index contributed by atoms with van der Waals surface area (Å²) in [5.74, 6) is 2.16. The number of aryl methyl sites for hydroxylation is 1. The summed E-state index contributed by atoms with van der Waals surface area (Å²) in [5, 5.41) is 6.64. The molecule has 2 rings (SSSR count). The largest absolute Gasteiger partial charge is 0.493 e. The number of ether oxygens (including phenoxy) is 3. The van der Waals surface area contributed by atoms with E-state index >= 15 is 0 Å². The van der Waals surface area contributed by atoms with Crippen molar-refractivity contribution in [3.63, 3.8) is 0 Å². The second-order valence-electron chi connectivity index (χ2n) is 7.39. The maximum absolute atomic E-state index is 6.10. The Labute approximate surface area is 180 Å². The summed E-state index contributed by atoms with van der Waals surface area (Å²) in [7, 11) is 3.48. The lowest BCUT2D eigenvalue weighted by Gasteiger charge is -2.24. The van der Waals surface area contributed by atoms with E-state index in [1.165, 1.54) is 5.56 Å². The highest BCUT2D eigenvalue weighted by atomic mass is 127. The maximum Gasteiger partial charge on any atom is 0.191 e. The fourth-order valence-corrected chi connectivity index (χ4v) is 2.63. The number of nitrogens with one attached hydrogen (secondary N) is 2. The van der Waals surface area contributed by atoms with E-state index in [0.29, 0.717) is 25.6 Å². The monoisotopic (exact) mass is 491 g/mol. The first kappa shape index (κ1) is 24.0. The quantitative estimate of drug-likeness (QED) is 0.333. The van der Waals surface area contributed by atoms with Crippen LogP contribution in [0.3, 0.4) is 0 Å². The van der Waals surface area contributed by atoms with Crippen molar-refractivity contribution in [1.82, 2.24) is 10.6 Å². The number of methoxy groups -OCH3 is 1. The van der Waals surface area contributed by atoms with Crippen molar-refractivity contribution >= 4 is 29.9 Å². The van der Waals surface area contributed by atoms with Gasteiger partial charge in [-0.05, 0) is 38.8 Å². The van der Waals surface area contributed by atoms with Crippen LogP contribution in [0.25, 0.3) is 0 Å². The molecule has 7 heteroatoms. The van der Waals surface area contributed by atoms with E-state index < -0.39 is 0 Å². The molecule has 0 saturated carbocycles. The zero-order valence-electron chi connectivity index (χ0n) is 17.1. The molecular formula is C20H34IN3O3. The molecule has 1 aromatic rings. The minimum atomic E-state index is -0.251.